The highest BCUT2D eigenvalue weighted by molar-refractivity contribution is 5.15. The maximum Gasteiger partial charge on any atom is 0.252 e. The van der Waals surface area contributed by atoms with Gasteiger partial charge in [0.2, 0.25) is 0 Å². The standard InChI is InChI=1S/C13H20N2O/c1-2-3-9-15-10-5-7-12(15)11-6-4-8-14-13(11)16/h4,6,8,12H,2-3,5,7,9-10H2,1H3,(H,14,16). The average Bonchev–Trinajstić information content (AvgIpc) is 2.75. The fraction of sp³-hybridized carbons (Fsp3) is 0.615. The van der Waals surface area contributed by atoms with E-state index >= 15 is 0 Å². The molecular weight excluding hydrogens is 200 g/mol. The molecular formula is C13H20N2O. The molecule has 0 saturated carbocycles. The second-order valence-corrected chi connectivity index (χ2v) is 4.50. The van der Waals surface area contributed by atoms with E-state index in [4.69, 9.17) is 0 Å². The van der Waals surface area contributed by atoms with Crippen LogP contribution in [0.5, 0.6) is 0 Å². The molecule has 1 N–H and O–H groups in total. The summed E-state index contributed by atoms with van der Waals surface area (Å²) < 4.78 is 0. The van der Waals surface area contributed by atoms with Crippen molar-refractivity contribution in [2.75, 3.05) is 13.1 Å². The minimum atomic E-state index is 0.0795. The largest absolute Gasteiger partial charge is 0.329 e. The first-order valence-corrected chi connectivity index (χ1v) is 6.24. The summed E-state index contributed by atoms with van der Waals surface area (Å²) in [5, 5.41) is 0. The molecule has 1 aromatic rings. The van der Waals surface area contributed by atoms with E-state index in [1.54, 1.807) is 6.20 Å². The second-order valence-electron chi connectivity index (χ2n) is 4.50. The van der Waals surface area contributed by atoms with Gasteiger partial charge < -0.3 is 4.98 Å². The summed E-state index contributed by atoms with van der Waals surface area (Å²) in [5.74, 6) is 0. The van der Waals surface area contributed by atoms with E-state index in [0.717, 1.165) is 25.1 Å². The Morgan fingerprint density at radius 3 is 3.19 bits per heavy atom. The lowest BCUT2D eigenvalue weighted by molar-refractivity contribution is 0.252. The molecule has 2 rings (SSSR count). The third-order valence-corrected chi connectivity index (χ3v) is 3.37. The number of H-pyrrole nitrogens is 1. The number of hydrogen-bond donors (Lipinski definition) is 1. The van der Waals surface area contributed by atoms with Crippen molar-refractivity contribution in [2.24, 2.45) is 0 Å². The van der Waals surface area contributed by atoms with Crippen molar-refractivity contribution in [3.05, 3.63) is 34.2 Å². The lowest BCUT2D eigenvalue weighted by atomic mass is 10.1. The van der Waals surface area contributed by atoms with Gasteiger partial charge in [0.25, 0.3) is 5.56 Å². The van der Waals surface area contributed by atoms with Crippen molar-refractivity contribution in [1.82, 2.24) is 9.88 Å². The van der Waals surface area contributed by atoms with Gasteiger partial charge in [-0.1, -0.05) is 19.4 Å². The van der Waals surface area contributed by atoms with Crippen LogP contribution in [0.1, 0.15) is 44.2 Å². The minimum absolute atomic E-state index is 0.0795. The van der Waals surface area contributed by atoms with E-state index in [-0.39, 0.29) is 5.56 Å². The van der Waals surface area contributed by atoms with Gasteiger partial charge in [-0.3, -0.25) is 9.69 Å². The van der Waals surface area contributed by atoms with Crippen LogP contribution in [0.3, 0.4) is 0 Å². The molecule has 0 spiro atoms. The summed E-state index contributed by atoms with van der Waals surface area (Å²) in [6.07, 6.45) is 6.48. The van der Waals surface area contributed by atoms with Crippen LogP contribution in [-0.2, 0) is 0 Å². The number of likely N-dealkylation sites (tertiary alicyclic amines) is 1. The highest BCUT2D eigenvalue weighted by atomic mass is 16.1. The zero-order valence-electron chi connectivity index (χ0n) is 9.91. The van der Waals surface area contributed by atoms with E-state index in [9.17, 15) is 4.79 Å². The van der Waals surface area contributed by atoms with Gasteiger partial charge in [-0.15, -0.1) is 0 Å². The summed E-state index contributed by atoms with van der Waals surface area (Å²) in [4.78, 5) is 17.0. The molecule has 1 aliphatic heterocycles. The van der Waals surface area contributed by atoms with Crippen molar-refractivity contribution in [3.8, 4) is 0 Å². The molecule has 16 heavy (non-hydrogen) atoms. The van der Waals surface area contributed by atoms with Gasteiger partial charge in [-0.2, -0.15) is 0 Å². The third kappa shape index (κ3) is 2.35. The quantitative estimate of drug-likeness (QED) is 0.845. The number of aromatic amines is 1. The summed E-state index contributed by atoms with van der Waals surface area (Å²) in [7, 11) is 0. The molecule has 1 fully saturated rings. The van der Waals surface area contributed by atoms with E-state index in [1.165, 1.54) is 19.3 Å². The first kappa shape index (κ1) is 11.4. The number of pyridine rings is 1. The highest BCUT2D eigenvalue weighted by Crippen LogP contribution is 2.29. The predicted molar refractivity (Wildman–Crippen MR) is 65.5 cm³/mol. The first-order chi connectivity index (χ1) is 7.83. The smallest absolute Gasteiger partial charge is 0.252 e. The van der Waals surface area contributed by atoms with Crippen molar-refractivity contribution < 1.29 is 0 Å². The Morgan fingerprint density at radius 1 is 1.56 bits per heavy atom. The van der Waals surface area contributed by atoms with Gasteiger partial charge in [-0.25, -0.2) is 0 Å². The molecule has 2 heterocycles. The molecule has 0 bridgehead atoms. The normalized spacial score (nSPS) is 21.4. The topological polar surface area (TPSA) is 36.1 Å². The van der Waals surface area contributed by atoms with Crippen molar-refractivity contribution in [2.45, 2.75) is 38.6 Å². The van der Waals surface area contributed by atoms with Crippen molar-refractivity contribution in [1.29, 1.82) is 0 Å². The molecule has 88 valence electrons. The van der Waals surface area contributed by atoms with Crippen LogP contribution in [0, 0.1) is 0 Å². The summed E-state index contributed by atoms with van der Waals surface area (Å²) in [6, 6.07) is 4.23. The molecule has 1 saturated heterocycles. The molecule has 1 atom stereocenters. The number of hydrogen-bond acceptors (Lipinski definition) is 2. The zero-order chi connectivity index (χ0) is 11.4. The molecule has 1 aliphatic rings. The number of nitrogens with one attached hydrogen (secondary N) is 1. The third-order valence-electron chi connectivity index (χ3n) is 3.37. The molecule has 0 aromatic carbocycles. The van der Waals surface area contributed by atoms with Gasteiger partial charge in [0.05, 0.1) is 0 Å². The Hall–Kier alpha value is -1.09. The van der Waals surface area contributed by atoms with E-state index in [1.807, 2.05) is 12.1 Å². The van der Waals surface area contributed by atoms with Gasteiger partial charge in [-0.05, 0) is 38.4 Å². The summed E-state index contributed by atoms with van der Waals surface area (Å²) in [5.41, 5.74) is 1.02. The average molecular weight is 220 g/mol. The molecule has 0 amide bonds. The SMILES string of the molecule is CCCCN1CCCC1c1ccc[nH]c1=O. The Labute approximate surface area is 96.5 Å². The molecule has 0 radical (unpaired) electrons. The van der Waals surface area contributed by atoms with Crippen LogP contribution in [0.2, 0.25) is 0 Å². The Balaban J connectivity index is 2.14. The monoisotopic (exact) mass is 220 g/mol. The number of unbranched alkanes of at least 4 members (excludes halogenated alkanes) is 1. The van der Waals surface area contributed by atoms with Crippen LogP contribution in [0.4, 0.5) is 0 Å². The molecule has 1 aromatic heterocycles. The number of aromatic nitrogens is 1. The van der Waals surface area contributed by atoms with E-state index in [2.05, 4.69) is 16.8 Å². The van der Waals surface area contributed by atoms with Crippen LogP contribution in [0.15, 0.2) is 23.1 Å². The second kappa shape index (κ2) is 5.30. The lowest BCUT2D eigenvalue weighted by Crippen LogP contribution is -2.28. The summed E-state index contributed by atoms with van der Waals surface area (Å²) >= 11 is 0. The lowest BCUT2D eigenvalue weighted by Gasteiger charge is -2.23. The Kier molecular flexibility index (Phi) is 3.78. The van der Waals surface area contributed by atoms with E-state index < -0.39 is 0 Å². The Bertz CT molecular complexity index is 386. The zero-order valence-corrected chi connectivity index (χ0v) is 9.91. The molecule has 0 aliphatic carbocycles. The highest BCUT2D eigenvalue weighted by Gasteiger charge is 2.26. The minimum Gasteiger partial charge on any atom is -0.329 e. The van der Waals surface area contributed by atoms with Crippen LogP contribution in [-0.4, -0.2) is 23.0 Å². The Morgan fingerprint density at radius 2 is 2.44 bits per heavy atom. The van der Waals surface area contributed by atoms with Gasteiger partial charge in [0.15, 0.2) is 0 Å². The number of rotatable bonds is 4. The van der Waals surface area contributed by atoms with Crippen molar-refractivity contribution >= 4 is 0 Å². The van der Waals surface area contributed by atoms with E-state index in [0.29, 0.717) is 6.04 Å². The maximum atomic E-state index is 11.7. The van der Waals surface area contributed by atoms with Crippen molar-refractivity contribution in [3.63, 3.8) is 0 Å². The summed E-state index contributed by atoms with van der Waals surface area (Å²) in [6.45, 7) is 4.47. The van der Waals surface area contributed by atoms with Crippen LogP contribution >= 0.6 is 0 Å². The fourth-order valence-corrected chi connectivity index (χ4v) is 2.50. The van der Waals surface area contributed by atoms with Gasteiger partial charge in [0, 0.05) is 17.8 Å². The van der Waals surface area contributed by atoms with Gasteiger partial charge >= 0.3 is 0 Å². The molecule has 3 nitrogen and oxygen atoms in total. The predicted octanol–water partition coefficient (Wildman–Crippen LogP) is 2.31. The first-order valence-electron chi connectivity index (χ1n) is 6.24. The maximum absolute atomic E-state index is 11.7. The van der Waals surface area contributed by atoms with Crippen LogP contribution < -0.4 is 5.56 Å². The fourth-order valence-electron chi connectivity index (χ4n) is 2.50. The number of nitrogens with zero attached hydrogens (tertiary/aromatic N) is 1. The van der Waals surface area contributed by atoms with Crippen LogP contribution in [0.25, 0.3) is 0 Å². The molecule has 3 heteroatoms. The van der Waals surface area contributed by atoms with Gasteiger partial charge in [0.1, 0.15) is 0 Å². The molecule has 1 unspecified atom stereocenters.